The summed E-state index contributed by atoms with van der Waals surface area (Å²) in [4.78, 5) is 29.8. The third-order valence-electron chi connectivity index (χ3n) is 5.29. The van der Waals surface area contributed by atoms with Crippen molar-refractivity contribution in [3.63, 3.8) is 0 Å². The van der Waals surface area contributed by atoms with Gasteiger partial charge in [-0.25, -0.2) is 9.67 Å². The van der Waals surface area contributed by atoms with Crippen LogP contribution in [0.1, 0.15) is 16.1 Å². The lowest BCUT2D eigenvalue weighted by molar-refractivity contribution is 0.101. The molecule has 0 saturated heterocycles. The highest BCUT2D eigenvalue weighted by atomic mass is 32.1. The molecule has 1 N–H and O–H groups in total. The maximum absolute atomic E-state index is 12.8. The van der Waals surface area contributed by atoms with E-state index in [2.05, 4.69) is 23.4 Å². The number of hydrogen-bond donors (Lipinski definition) is 1. The van der Waals surface area contributed by atoms with Crippen LogP contribution in [0.15, 0.2) is 83.8 Å². The van der Waals surface area contributed by atoms with Crippen LogP contribution in [0.3, 0.4) is 0 Å². The maximum atomic E-state index is 12.8. The zero-order valence-electron chi connectivity index (χ0n) is 18.5. The fourth-order valence-corrected chi connectivity index (χ4v) is 4.55. The maximum Gasteiger partial charge on any atom is 0.280 e. The van der Waals surface area contributed by atoms with Crippen LogP contribution in [0, 0.1) is 6.92 Å². The minimum atomic E-state index is -0.573. The van der Waals surface area contributed by atoms with Crippen LogP contribution >= 0.6 is 11.3 Å². The molecule has 0 atom stereocenters. The van der Waals surface area contributed by atoms with Gasteiger partial charge in [-0.05, 0) is 73.2 Å². The summed E-state index contributed by atoms with van der Waals surface area (Å²) in [6, 6.07) is 22.0. The molecule has 1 amide bonds. The number of thiazole rings is 1. The number of methoxy groups -OCH3 is 1. The van der Waals surface area contributed by atoms with Crippen LogP contribution in [0.2, 0.25) is 0 Å². The Kier molecular flexibility index (Phi) is 5.65. The molecule has 0 saturated carbocycles. The summed E-state index contributed by atoms with van der Waals surface area (Å²) in [7, 11) is 1.58. The van der Waals surface area contributed by atoms with Crippen molar-refractivity contribution in [2.75, 3.05) is 12.4 Å². The first kappa shape index (κ1) is 21.5. The molecule has 0 bridgehead atoms. The monoisotopic (exact) mass is 468 g/mol. The van der Waals surface area contributed by atoms with Crippen molar-refractivity contribution in [1.82, 2.24) is 14.8 Å². The van der Waals surface area contributed by atoms with Gasteiger partial charge in [-0.2, -0.15) is 5.10 Å². The fraction of sp³-hybridized carbons (Fsp3) is 0.0769. The molecule has 0 aliphatic rings. The molecule has 0 unspecified atom stereocenters. The van der Waals surface area contributed by atoms with Gasteiger partial charge >= 0.3 is 0 Å². The predicted molar refractivity (Wildman–Crippen MR) is 134 cm³/mol. The van der Waals surface area contributed by atoms with Gasteiger partial charge in [0.15, 0.2) is 5.69 Å². The molecule has 34 heavy (non-hydrogen) atoms. The highest BCUT2D eigenvalue weighted by Crippen LogP contribution is 2.31. The zero-order valence-corrected chi connectivity index (χ0v) is 19.3. The van der Waals surface area contributed by atoms with Gasteiger partial charge in [0.1, 0.15) is 10.8 Å². The van der Waals surface area contributed by atoms with Crippen molar-refractivity contribution in [2.45, 2.75) is 6.92 Å². The fourth-order valence-electron chi connectivity index (χ4n) is 3.49. The first-order chi connectivity index (χ1) is 16.5. The Morgan fingerprint density at radius 1 is 1.00 bits per heavy atom. The van der Waals surface area contributed by atoms with Crippen LogP contribution in [0.4, 0.5) is 5.69 Å². The van der Waals surface area contributed by atoms with Crippen molar-refractivity contribution >= 4 is 33.1 Å². The lowest BCUT2D eigenvalue weighted by Crippen LogP contribution is -2.25. The Morgan fingerprint density at radius 3 is 2.50 bits per heavy atom. The molecule has 2 aromatic heterocycles. The highest BCUT2D eigenvalue weighted by Gasteiger charge is 2.14. The summed E-state index contributed by atoms with van der Waals surface area (Å²) in [5, 5.41) is 7.90. The van der Waals surface area contributed by atoms with E-state index in [1.165, 1.54) is 22.5 Å². The second kappa shape index (κ2) is 8.92. The zero-order chi connectivity index (χ0) is 23.7. The molecule has 0 spiro atoms. The summed E-state index contributed by atoms with van der Waals surface area (Å²) >= 11 is 1.62. The number of amides is 1. The van der Waals surface area contributed by atoms with E-state index in [9.17, 15) is 9.59 Å². The van der Waals surface area contributed by atoms with Crippen molar-refractivity contribution < 1.29 is 9.53 Å². The van der Waals surface area contributed by atoms with Crippen LogP contribution in [-0.4, -0.2) is 27.8 Å². The summed E-state index contributed by atoms with van der Waals surface area (Å²) in [6.07, 6.45) is 1.52. The Labute approximate surface area is 199 Å². The van der Waals surface area contributed by atoms with E-state index in [1.54, 1.807) is 54.8 Å². The van der Waals surface area contributed by atoms with E-state index in [0.717, 1.165) is 20.8 Å². The highest BCUT2D eigenvalue weighted by molar-refractivity contribution is 7.21. The van der Waals surface area contributed by atoms with E-state index in [-0.39, 0.29) is 5.69 Å². The number of aromatic nitrogens is 3. The van der Waals surface area contributed by atoms with Crippen molar-refractivity contribution in [2.24, 2.45) is 0 Å². The number of ether oxygens (including phenoxy) is 1. The summed E-state index contributed by atoms with van der Waals surface area (Å²) in [6.45, 7) is 2.06. The molecule has 0 fully saturated rings. The van der Waals surface area contributed by atoms with E-state index >= 15 is 0 Å². The minimum absolute atomic E-state index is 0.191. The molecule has 0 aliphatic heterocycles. The molecule has 3 aromatic carbocycles. The number of anilines is 1. The first-order valence-corrected chi connectivity index (χ1v) is 11.4. The molecule has 7 nitrogen and oxygen atoms in total. The normalized spacial score (nSPS) is 10.9. The Bertz CT molecular complexity index is 1550. The molecular formula is C26H20N4O3S. The SMILES string of the molecule is COc1ccc(-n2ccc(=O)c(C(=O)Nc3ccc(-c4nc5ccc(C)cc5s4)cc3)n2)cc1. The molecule has 8 heteroatoms. The van der Waals surface area contributed by atoms with Crippen LogP contribution in [0.5, 0.6) is 5.75 Å². The quantitative estimate of drug-likeness (QED) is 0.389. The third-order valence-corrected chi connectivity index (χ3v) is 6.36. The van der Waals surface area contributed by atoms with Crippen molar-refractivity contribution in [3.05, 3.63) is 100 Å². The molecular weight excluding hydrogens is 448 g/mol. The number of carbonyl (C=O) groups excluding carboxylic acids is 1. The second-order valence-electron chi connectivity index (χ2n) is 7.69. The molecule has 5 aromatic rings. The predicted octanol–water partition coefficient (Wildman–Crippen LogP) is 5.08. The molecule has 0 aliphatic carbocycles. The van der Waals surface area contributed by atoms with Gasteiger partial charge in [-0.3, -0.25) is 9.59 Å². The number of aryl methyl sites for hydroxylation is 1. The van der Waals surface area contributed by atoms with Gasteiger partial charge in [0.25, 0.3) is 5.91 Å². The third kappa shape index (κ3) is 4.31. The van der Waals surface area contributed by atoms with Crippen LogP contribution in [-0.2, 0) is 0 Å². The van der Waals surface area contributed by atoms with Crippen molar-refractivity contribution in [1.29, 1.82) is 0 Å². The molecule has 2 heterocycles. The number of hydrogen-bond acceptors (Lipinski definition) is 6. The van der Waals surface area contributed by atoms with Gasteiger partial charge in [-0.1, -0.05) is 6.07 Å². The minimum Gasteiger partial charge on any atom is -0.497 e. The Balaban J connectivity index is 1.36. The number of fused-ring (bicyclic) bond motifs is 1. The van der Waals surface area contributed by atoms with Crippen LogP contribution in [0.25, 0.3) is 26.5 Å². The number of benzene rings is 3. The van der Waals surface area contributed by atoms with Gasteiger partial charge in [-0.15, -0.1) is 11.3 Å². The van der Waals surface area contributed by atoms with Crippen molar-refractivity contribution in [3.8, 4) is 22.0 Å². The molecule has 5 rings (SSSR count). The van der Waals surface area contributed by atoms with E-state index in [0.29, 0.717) is 17.1 Å². The summed E-state index contributed by atoms with van der Waals surface area (Å²) in [5.74, 6) is 0.128. The number of nitrogens with zero attached hydrogens (tertiary/aromatic N) is 3. The lowest BCUT2D eigenvalue weighted by Gasteiger charge is -2.09. The first-order valence-electron chi connectivity index (χ1n) is 10.5. The summed E-state index contributed by atoms with van der Waals surface area (Å²) < 4.78 is 7.78. The van der Waals surface area contributed by atoms with Crippen LogP contribution < -0.4 is 15.5 Å². The van der Waals surface area contributed by atoms with E-state index in [1.807, 2.05) is 24.3 Å². The smallest absolute Gasteiger partial charge is 0.280 e. The van der Waals surface area contributed by atoms with E-state index < -0.39 is 11.3 Å². The number of nitrogens with one attached hydrogen (secondary N) is 1. The number of carbonyl (C=O) groups is 1. The Hall–Kier alpha value is -4.30. The van der Waals surface area contributed by atoms with Gasteiger partial charge in [0, 0.05) is 23.5 Å². The van der Waals surface area contributed by atoms with Gasteiger partial charge in [0.2, 0.25) is 5.43 Å². The van der Waals surface area contributed by atoms with Gasteiger partial charge in [0.05, 0.1) is 23.0 Å². The summed E-state index contributed by atoms with van der Waals surface area (Å²) in [5.41, 5.74) is 3.73. The second-order valence-corrected chi connectivity index (χ2v) is 8.72. The molecule has 168 valence electrons. The average Bonchev–Trinajstić information content (AvgIpc) is 3.28. The largest absolute Gasteiger partial charge is 0.497 e. The van der Waals surface area contributed by atoms with Gasteiger partial charge < -0.3 is 10.1 Å². The standard InChI is InChI=1S/C26H20N4O3S/c1-16-3-12-21-23(15-16)34-26(28-21)17-4-6-18(7-5-17)27-25(32)24-22(31)13-14-30(29-24)19-8-10-20(33-2)11-9-19/h3-15H,1-2H3,(H,27,32). The lowest BCUT2D eigenvalue weighted by atomic mass is 10.2. The average molecular weight is 469 g/mol. The number of rotatable bonds is 5. The topological polar surface area (TPSA) is 86.1 Å². The molecule has 0 radical (unpaired) electrons. The Morgan fingerprint density at radius 2 is 1.76 bits per heavy atom. The van der Waals surface area contributed by atoms with E-state index in [4.69, 9.17) is 9.72 Å².